The van der Waals surface area contributed by atoms with Gasteiger partial charge in [0.05, 0.1) is 0 Å². The van der Waals surface area contributed by atoms with Crippen molar-refractivity contribution in [1.82, 2.24) is 9.80 Å². The molecule has 0 N–H and O–H groups in total. The summed E-state index contributed by atoms with van der Waals surface area (Å²) in [4.78, 5) is 5.63. The molecule has 0 atom stereocenters. The van der Waals surface area contributed by atoms with E-state index in [0.717, 1.165) is 23.9 Å². The molecule has 0 aromatic carbocycles. The van der Waals surface area contributed by atoms with Gasteiger partial charge in [0.15, 0.2) is 0 Å². The lowest BCUT2D eigenvalue weighted by Gasteiger charge is -2.45. The van der Waals surface area contributed by atoms with Crippen LogP contribution in [0.25, 0.3) is 0 Å². The van der Waals surface area contributed by atoms with Crippen LogP contribution in [-0.4, -0.2) is 48.1 Å². The Hall–Kier alpha value is -0.0800. The fraction of sp³-hybridized carbons (Fsp3) is 1.00. The molecule has 0 unspecified atom stereocenters. The Morgan fingerprint density at radius 2 is 0.800 bits per heavy atom. The Bertz CT molecular complexity index is 250. The van der Waals surface area contributed by atoms with E-state index in [2.05, 4.69) is 23.6 Å². The van der Waals surface area contributed by atoms with Gasteiger partial charge in [-0.3, -0.25) is 9.80 Å². The van der Waals surface area contributed by atoms with E-state index in [9.17, 15) is 0 Å². The molecule has 3 aliphatic rings. The standard InChI is InChI=1S/C18H34N2/c1-15-3-7-17(8-4-15)19-11-13-20(14-12-19)18-9-5-16(2)6-10-18/h15-18H,3-14H2,1-2H3. The van der Waals surface area contributed by atoms with E-state index in [1.54, 1.807) is 0 Å². The molecule has 2 aliphatic carbocycles. The quantitative estimate of drug-likeness (QED) is 0.759. The molecule has 2 heteroatoms. The summed E-state index contributed by atoms with van der Waals surface area (Å²) in [5.41, 5.74) is 0. The zero-order valence-corrected chi connectivity index (χ0v) is 13.7. The molecule has 3 fully saturated rings. The number of hydrogen-bond acceptors (Lipinski definition) is 2. The topological polar surface area (TPSA) is 6.48 Å². The highest BCUT2D eigenvalue weighted by Gasteiger charge is 2.30. The highest BCUT2D eigenvalue weighted by Crippen LogP contribution is 2.30. The van der Waals surface area contributed by atoms with Crippen molar-refractivity contribution in [2.24, 2.45) is 11.8 Å². The van der Waals surface area contributed by atoms with Crippen LogP contribution in [0.5, 0.6) is 0 Å². The van der Waals surface area contributed by atoms with Gasteiger partial charge in [0.25, 0.3) is 0 Å². The molecule has 116 valence electrons. The SMILES string of the molecule is CC1CCC(N2CCN(C3CCC(C)CC3)CC2)CC1. The number of rotatable bonds is 2. The fourth-order valence-corrected chi connectivity index (χ4v) is 4.68. The Kier molecular flexibility index (Phi) is 5.04. The Morgan fingerprint density at radius 1 is 0.500 bits per heavy atom. The van der Waals surface area contributed by atoms with Crippen LogP contribution in [0.4, 0.5) is 0 Å². The van der Waals surface area contributed by atoms with Crippen LogP contribution in [0, 0.1) is 11.8 Å². The number of hydrogen-bond donors (Lipinski definition) is 0. The van der Waals surface area contributed by atoms with Crippen molar-refractivity contribution >= 4 is 0 Å². The van der Waals surface area contributed by atoms with Gasteiger partial charge in [-0.1, -0.05) is 13.8 Å². The second-order valence-corrected chi connectivity index (χ2v) is 7.90. The normalized spacial score (nSPS) is 41.7. The second kappa shape index (κ2) is 6.79. The fourth-order valence-electron chi connectivity index (χ4n) is 4.68. The molecule has 1 aliphatic heterocycles. The molecule has 2 nitrogen and oxygen atoms in total. The molecule has 0 aromatic rings. The molecule has 0 radical (unpaired) electrons. The van der Waals surface area contributed by atoms with Gasteiger partial charge in [-0.05, 0) is 63.2 Å². The van der Waals surface area contributed by atoms with Gasteiger partial charge in [-0.15, -0.1) is 0 Å². The first-order valence-corrected chi connectivity index (χ1v) is 9.20. The van der Waals surface area contributed by atoms with Crippen molar-refractivity contribution in [3.05, 3.63) is 0 Å². The molecular weight excluding hydrogens is 244 g/mol. The van der Waals surface area contributed by atoms with Crippen molar-refractivity contribution in [2.45, 2.75) is 77.3 Å². The van der Waals surface area contributed by atoms with E-state index < -0.39 is 0 Å². The van der Waals surface area contributed by atoms with Crippen LogP contribution in [0.3, 0.4) is 0 Å². The molecule has 1 saturated heterocycles. The highest BCUT2D eigenvalue weighted by molar-refractivity contribution is 4.86. The van der Waals surface area contributed by atoms with Crippen molar-refractivity contribution in [1.29, 1.82) is 0 Å². The summed E-state index contributed by atoms with van der Waals surface area (Å²) >= 11 is 0. The average Bonchev–Trinajstić information content (AvgIpc) is 2.49. The molecule has 20 heavy (non-hydrogen) atoms. The minimum absolute atomic E-state index is 0.916. The van der Waals surface area contributed by atoms with Gasteiger partial charge < -0.3 is 0 Å². The third-order valence-electron chi connectivity index (χ3n) is 6.35. The minimum Gasteiger partial charge on any atom is -0.298 e. The lowest BCUT2D eigenvalue weighted by molar-refractivity contribution is 0.0384. The van der Waals surface area contributed by atoms with E-state index in [0.29, 0.717) is 0 Å². The van der Waals surface area contributed by atoms with E-state index >= 15 is 0 Å². The maximum Gasteiger partial charge on any atom is 0.0113 e. The molecule has 1 heterocycles. The Balaban J connectivity index is 1.42. The van der Waals surface area contributed by atoms with Crippen molar-refractivity contribution in [3.8, 4) is 0 Å². The van der Waals surface area contributed by atoms with Gasteiger partial charge in [-0.2, -0.15) is 0 Å². The van der Waals surface area contributed by atoms with Crippen molar-refractivity contribution in [2.75, 3.05) is 26.2 Å². The summed E-state index contributed by atoms with van der Waals surface area (Å²) in [6, 6.07) is 1.83. The van der Waals surface area contributed by atoms with E-state index in [4.69, 9.17) is 0 Å². The zero-order chi connectivity index (χ0) is 13.9. The van der Waals surface area contributed by atoms with Gasteiger partial charge in [-0.25, -0.2) is 0 Å². The lowest BCUT2D eigenvalue weighted by atomic mass is 9.85. The maximum absolute atomic E-state index is 2.81. The first kappa shape index (κ1) is 14.8. The molecular formula is C18H34N2. The Morgan fingerprint density at radius 3 is 1.10 bits per heavy atom. The molecule has 3 rings (SSSR count). The van der Waals surface area contributed by atoms with Crippen LogP contribution >= 0.6 is 0 Å². The molecule has 0 aromatic heterocycles. The first-order chi connectivity index (χ1) is 9.72. The van der Waals surface area contributed by atoms with Crippen molar-refractivity contribution < 1.29 is 0 Å². The van der Waals surface area contributed by atoms with Crippen LogP contribution < -0.4 is 0 Å². The van der Waals surface area contributed by atoms with Gasteiger partial charge in [0.1, 0.15) is 0 Å². The van der Waals surface area contributed by atoms with Crippen LogP contribution in [-0.2, 0) is 0 Å². The van der Waals surface area contributed by atoms with E-state index in [1.165, 1.54) is 77.5 Å². The number of piperazine rings is 1. The largest absolute Gasteiger partial charge is 0.298 e. The first-order valence-electron chi connectivity index (χ1n) is 9.20. The second-order valence-electron chi connectivity index (χ2n) is 7.90. The summed E-state index contributed by atoms with van der Waals surface area (Å²) in [6.07, 6.45) is 11.7. The third kappa shape index (κ3) is 3.57. The summed E-state index contributed by atoms with van der Waals surface area (Å²) in [7, 11) is 0. The summed E-state index contributed by atoms with van der Waals surface area (Å²) in [6.45, 7) is 10.2. The van der Waals surface area contributed by atoms with Gasteiger partial charge in [0, 0.05) is 38.3 Å². The highest BCUT2D eigenvalue weighted by atomic mass is 15.3. The average molecular weight is 278 g/mol. The van der Waals surface area contributed by atoms with E-state index in [-0.39, 0.29) is 0 Å². The van der Waals surface area contributed by atoms with Crippen LogP contribution in [0.15, 0.2) is 0 Å². The number of nitrogens with zero attached hydrogens (tertiary/aromatic N) is 2. The predicted molar refractivity (Wildman–Crippen MR) is 86.0 cm³/mol. The third-order valence-corrected chi connectivity index (χ3v) is 6.35. The lowest BCUT2D eigenvalue weighted by Crippen LogP contribution is -2.54. The minimum atomic E-state index is 0.916. The van der Waals surface area contributed by atoms with Crippen molar-refractivity contribution in [3.63, 3.8) is 0 Å². The monoisotopic (exact) mass is 278 g/mol. The molecule has 2 saturated carbocycles. The molecule has 0 amide bonds. The van der Waals surface area contributed by atoms with Gasteiger partial charge in [0.2, 0.25) is 0 Å². The predicted octanol–water partition coefficient (Wildman–Crippen LogP) is 3.76. The summed E-state index contributed by atoms with van der Waals surface area (Å²) < 4.78 is 0. The maximum atomic E-state index is 2.81. The summed E-state index contributed by atoms with van der Waals surface area (Å²) in [5, 5.41) is 0. The molecule has 0 spiro atoms. The summed E-state index contributed by atoms with van der Waals surface area (Å²) in [5.74, 6) is 1.97. The zero-order valence-electron chi connectivity index (χ0n) is 13.7. The van der Waals surface area contributed by atoms with Crippen LogP contribution in [0.2, 0.25) is 0 Å². The van der Waals surface area contributed by atoms with E-state index in [1.807, 2.05) is 0 Å². The van der Waals surface area contributed by atoms with Gasteiger partial charge >= 0.3 is 0 Å². The smallest absolute Gasteiger partial charge is 0.0113 e. The molecule has 0 bridgehead atoms. The Labute approximate surface area is 125 Å². The van der Waals surface area contributed by atoms with Crippen LogP contribution in [0.1, 0.15) is 65.2 Å².